The molecule has 0 aromatic heterocycles. The zero-order valence-electron chi connectivity index (χ0n) is 7.66. The van der Waals surface area contributed by atoms with Gasteiger partial charge in [-0.15, -0.1) is 0 Å². The lowest BCUT2D eigenvalue weighted by atomic mass is 10.1. The lowest BCUT2D eigenvalue weighted by Crippen LogP contribution is -2.24. The van der Waals surface area contributed by atoms with Crippen LogP contribution in [0.5, 0.6) is 5.75 Å². The molecule has 0 atom stereocenters. The van der Waals surface area contributed by atoms with Crippen LogP contribution in [0.25, 0.3) is 0 Å². The summed E-state index contributed by atoms with van der Waals surface area (Å²) in [5.41, 5.74) is 1.67. The number of carbonyl (C=O) groups is 1. The third-order valence-electron chi connectivity index (χ3n) is 1.77. The number of hydrogen-bond donors (Lipinski definition) is 0. The number of aryl methyl sites for hydroxylation is 1. The summed E-state index contributed by atoms with van der Waals surface area (Å²) in [4.78, 5) is 10.4. The molecule has 0 aliphatic rings. The Morgan fingerprint density at radius 3 is 2.77 bits per heavy atom. The van der Waals surface area contributed by atoms with Crippen molar-refractivity contribution in [3.8, 4) is 5.75 Å². The van der Waals surface area contributed by atoms with E-state index in [1.165, 1.54) is 7.11 Å². The summed E-state index contributed by atoms with van der Waals surface area (Å²) in [5, 5.41) is 10.4. The predicted molar refractivity (Wildman–Crippen MR) is 46.4 cm³/mol. The number of ether oxygens (including phenoxy) is 1. The van der Waals surface area contributed by atoms with E-state index in [-0.39, 0.29) is 6.42 Å². The van der Waals surface area contributed by atoms with Gasteiger partial charge in [0.2, 0.25) is 0 Å². The molecule has 0 spiro atoms. The number of rotatable bonds is 3. The van der Waals surface area contributed by atoms with Crippen molar-refractivity contribution >= 4 is 5.97 Å². The maximum Gasteiger partial charge on any atom is 0.122 e. The van der Waals surface area contributed by atoms with E-state index in [2.05, 4.69) is 0 Å². The summed E-state index contributed by atoms with van der Waals surface area (Å²) in [7, 11) is 1.52. The Morgan fingerprint density at radius 1 is 1.54 bits per heavy atom. The number of benzene rings is 1. The molecule has 3 heteroatoms. The van der Waals surface area contributed by atoms with Crippen molar-refractivity contribution in [2.24, 2.45) is 0 Å². The van der Waals surface area contributed by atoms with Crippen molar-refractivity contribution in [1.29, 1.82) is 0 Å². The van der Waals surface area contributed by atoms with Crippen LogP contribution in [0.4, 0.5) is 0 Å². The fourth-order valence-corrected chi connectivity index (χ4v) is 1.20. The minimum absolute atomic E-state index is 0.106. The van der Waals surface area contributed by atoms with Crippen LogP contribution in [0, 0.1) is 6.92 Å². The highest BCUT2D eigenvalue weighted by molar-refractivity contribution is 5.69. The molecule has 0 fully saturated rings. The van der Waals surface area contributed by atoms with Crippen LogP contribution < -0.4 is 9.84 Å². The summed E-state index contributed by atoms with van der Waals surface area (Å²) >= 11 is 0. The Labute approximate surface area is 77.0 Å². The molecule has 13 heavy (non-hydrogen) atoms. The molecule has 0 heterocycles. The van der Waals surface area contributed by atoms with E-state index in [0.717, 1.165) is 5.56 Å². The van der Waals surface area contributed by atoms with E-state index in [9.17, 15) is 9.90 Å². The number of aliphatic carboxylic acids is 1. The van der Waals surface area contributed by atoms with Crippen LogP contribution in [0.3, 0.4) is 0 Å². The first-order chi connectivity index (χ1) is 6.13. The monoisotopic (exact) mass is 179 g/mol. The first-order valence-electron chi connectivity index (χ1n) is 3.97. The summed E-state index contributed by atoms with van der Waals surface area (Å²) in [5.74, 6) is -0.501. The minimum Gasteiger partial charge on any atom is -0.550 e. The molecule has 1 aromatic carbocycles. The molecule has 1 rings (SSSR count). The Kier molecular flexibility index (Phi) is 2.90. The molecule has 0 bridgehead atoms. The molecule has 0 unspecified atom stereocenters. The minimum atomic E-state index is -1.09. The van der Waals surface area contributed by atoms with E-state index in [0.29, 0.717) is 11.3 Å². The molecule has 0 aliphatic carbocycles. The largest absolute Gasteiger partial charge is 0.550 e. The Hall–Kier alpha value is -1.51. The number of carboxylic acid groups (broad SMARTS) is 1. The van der Waals surface area contributed by atoms with Gasteiger partial charge in [-0.2, -0.15) is 0 Å². The first kappa shape index (κ1) is 9.58. The van der Waals surface area contributed by atoms with Crippen molar-refractivity contribution < 1.29 is 14.6 Å². The second-order valence-electron chi connectivity index (χ2n) is 2.86. The van der Waals surface area contributed by atoms with Crippen LogP contribution in [0.1, 0.15) is 11.1 Å². The van der Waals surface area contributed by atoms with E-state index >= 15 is 0 Å². The molecule has 0 saturated heterocycles. The van der Waals surface area contributed by atoms with Crippen molar-refractivity contribution in [3.05, 3.63) is 29.3 Å². The van der Waals surface area contributed by atoms with Gasteiger partial charge in [0.15, 0.2) is 0 Å². The maximum atomic E-state index is 10.4. The summed E-state index contributed by atoms with van der Waals surface area (Å²) < 4.78 is 5.01. The summed E-state index contributed by atoms with van der Waals surface area (Å²) in [6, 6.07) is 5.42. The summed E-state index contributed by atoms with van der Waals surface area (Å²) in [6.07, 6.45) is -0.106. The van der Waals surface area contributed by atoms with Gasteiger partial charge >= 0.3 is 0 Å². The van der Waals surface area contributed by atoms with Gasteiger partial charge in [0, 0.05) is 12.4 Å². The third kappa shape index (κ3) is 2.47. The first-order valence-corrected chi connectivity index (χ1v) is 3.97. The number of hydrogen-bond acceptors (Lipinski definition) is 3. The van der Waals surface area contributed by atoms with E-state index in [1.54, 1.807) is 12.1 Å². The number of carbonyl (C=O) groups excluding carboxylic acids is 1. The molecule has 0 radical (unpaired) electrons. The second-order valence-corrected chi connectivity index (χ2v) is 2.86. The van der Waals surface area contributed by atoms with Gasteiger partial charge in [-0.3, -0.25) is 0 Å². The normalized spacial score (nSPS) is 9.69. The van der Waals surface area contributed by atoms with E-state index in [4.69, 9.17) is 4.74 Å². The quantitative estimate of drug-likeness (QED) is 0.670. The average molecular weight is 179 g/mol. The van der Waals surface area contributed by atoms with E-state index in [1.807, 2.05) is 13.0 Å². The zero-order valence-corrected chi connectivity index (χ0v) is 7.66. The highest BCUT2D eigenvalue weighted by atomic mass is 16.5. The maximum absolute atomic E-state index is 10.4. The zero-order chi connectivity index (χ0) is 9.84. The van der Waals surface area contributed by atoms with Crippen LogP contribution in [0.2, 0.25) is 0 Å². The molecule has 1 aromatic rings. The fourth-order valence-electron chi connectivity index (χ4n) is 1.20. The summed E-state index contributed by atoms with van der Waals surface area (Å²) in [6.45, 7) is 1.90. The smallest absolute Gasteiger partial charge is 0.122 e. The van der Waals surface area contributed by atoms with Crippen LogP contribution in [-0.2, 0) is 11.2 Å². The van der Waals surface area contributed by atoms with Gasteiger partial charge in [-0.25, -0.2) is 0 Å². The molecule has 0 aliphatic heterocycles. The molecule has 0 amide bonds. The van der Waals surface area contributed by atoms with E-state index < -0.39 is 5.97 Å². The standard InChI is InChI=1S/C10H12O3/c1-7-3-4-9(13-2)8(5-7)6-10(11)12/h3-5H,6H2,1-2H3,(H,11,12)/p-1. The highest BCUT2D eigenvalue weighted by Gasteiger charge is 2.02. The fraction of sp³-hybridized carbons (Fsp3) is 0.300. The van der Waals surface area contributed by atoms with Crippen LogP contribution in [-0.4, -0.2) is 13.1 Å². The lowest BCUT2D eigenvalue weighted by Gasteiger charge is -2.09. The van der Waals surface area contributed by atoms with Crippen molar-refractivity contribution in [1.82, 2.24) is 0 Å². The highest BCUT2D eigenvalue weighted by Crippen LogP contribution is 2.19. The topological polar surface area (TPSA) is 49.4 Å². The van der Waals surface area contributed by atoms with Gasteiger partial charge in [0.05, 0.1) is 7.11 Å². The predicted octanol–water partition coefficient (Wildman–Crippen LogP) is 0.296. The van der Waals surface area contributed by atoms with Crippen LogP contribution in [0.15, 0.2) is 18.2 Å². The number of carboxylic acids is 1. The van der Waals surface area contributed by atoms with Gasteiger partial charge < -0.3 is 14.6 Å². The van der Waals surface area contributed by atoms with Gasteiger partial charge in [-0.05, 0) is 18.6 Å². The Balaban J connectivity index is 3.01. The average Bonchev–Trinajstić information content (AvgIpc) is 2.03. The van der Waals surface area contributed by atoms with Gasteiger partial charge in [-0.1, -0.05) is 17.7 Å². The molecule has 70 valence electrons. The van der Waals surface area contributed by atoms with Crippen molar-refractivity contribution in [3.63, 3.8) is 0 Å². The Bertz CT molecular complexity index is 318. The second kappa shape index (κ2) is 3.94. The molecule has 3 nitrogen and oxygen atoms in total. The third-order valence-corrected chi connectivity index (χ3v) is 1.77. The molecule has 0 N–H and O–H groups in total. The molecule has 0 saturated carbocycles. The Morgan fingerprint density at radius 2 is 2.23 bits per heavy atom. The lowest BCUT2D eigenvalue weighted by molar-refractivity contribution is -0.304. The SMILES string of the molecule is COc1ccc(C)cc1CC(=O)[O-]. The molecular weight excluding hydrogens is 168 g/mol. The van der Waals surface area contributed by atoms with Crippen LogP contribution >= 0.6 is 0 Å². The van der Waals surface area contributed by atoms with Gasteiger partial charge in [0.1, 0.15) is 5.75 Å². The van der Waals surface area contributed by atoms with Crippen molar-refractivity contribution in [2.75, 3.05) is 7.11 Å². The molecular formula is C10H11O3-. The van der Waals surface area contributed by atoms with Crippen molar-refractivity contribution in [2.45, 2.75) is 13.3 Å². The van der Waals surface area contributed by atoms with Gasteiger partial charge in [0.25, 0.3) is 0 Å². The number of methoxy groups -OCH3 is 1.